The van der Waals surface area contributed by atoms with Crippen molar-refractivity contribution in [2.24, 2.45) is 0 Å². The SMILES string of the molecule is CCOC(=O)C(=O)CC1(c2cccc(Cl)c2OC)CCCCC1. The van der Waals surface area contributed by atoms with E-state index < -0.39 is 17.2 Å². The first-order chi connectivity index (χ1) is 11.0. The molecule has 1 aliphatic rings. The molecule has 23 heavy (non-hydrogen) atoms. The molecule has 126 valence electrons. The molecule has 0 spiro atoms. The van der Waals surface area contributed by atoms with Crippen molar-refractivity contribution in [1.29, 1.82) is 0 Å². The number of hydrogen-bond acceptors (Lipinski definition) is 4. The highest BCUT2D eigenvalue weighted by Gasteiger charge is 2.40. The molecule has 1 aromatic rings. The molecule has 0 heterocycles. The van der Waals surface area contributed by atoms with Gasteiger partial charge in [-0.15, -0.1) is 0 Å². The monoisotopic (exact) mass is 338 g/mol. The molecule has 0 radical (unpaired) electrons. The summed E-state index contributed by atoms with van der Waals surface area (Å²) in [6.45, 7) is 1.90. The summed E-state index contributed by atoms with van der Waals surface area (Å²) in [5.41, 5.74) is 0.517. The number of rotatable bonds is 6. The van der Waals surface area contributed by atoms with Crippen molar-refractivity contribution in [2.45, 2.75) is 50.9 Å². The zero-order valence-corrected chi connectivity index (χ0v) is 14.4. The van der Waals surface area contributed by atoms with E-state index in [4.69, 9.17) is 21.1 Å². The maximum absolute atomic E-state index is 12.3. The Morgan fingerprint density at radius 1 is 1.22 bits per heavy atom. The summed E-state index contributed by atoms with van der Waals surface area (Å²) in [5, 5.41) is 0.526. The lowest BCUT2D eigenvalue weighted by Gasteiger charge is -2.38. The Labute approximate surface area is 142 Å². The largest absolute Gasteiger partial charge is 0.495 e. The van der Waals surface area contributed by atoms with Gasteiger partial charge >= 0.3 is 5.97 Å². The number of ketones is 1. The van der Waals surface area contributed by atoms with E-state index in [1.165, 1.54) is 0 Å². The summed E-state index contributed by atoms with van der Waals surface area (Å²) >= 11 is 6.26. The molecule has 5 heteroatoms. The molecule has 0 amide bonds. The lowest BCUT2D eigenvalue weighted by atomic mass is 9.66. The first-order valence-corrected chi connectivity index (χ1v) is 8.45. The molecule has 0 N–H and O–H groups in total. The van der Waals surface area contributed by atoms with Gasteiger partial charge in [0.25, 0.3) is 0 Å². The van der Waals surface area contributed by atoms with Gasteiger partial charge in [0, 0.05) is 17.4 Å². The Kier molecular flexibility index (Phi) is 6.05. The maximum atomic E-state index is 12.3. The number of ether oxygens (including phenoxy) is 2. The van der Waals surface area contributed by atoms with Crippen LogP contribution in [0.1, 0.15) is 51.0 Å². The predicted molar refractivity (Wildman–Crippen MR) is 89.0 cm³/mol. The van der Waals surface area contributed by atoms with Crippen LogP contribution in [0.25, 0.3) is 0 Å². The molecule has 0 unspecified atom stereocenters. The number of methoxy groups -OCH3 is 1. The fourth-order valence-corrected chi connectivity index (χ4v) is 3.75. The minimum Gasteiger partial charge on any atom is -0.495 e. The second-order valence-corrected chi connectivity index (χ2v) is 6.39. The molecule has 1 aliphatic carbocycles. The van der Waals surface area contributed by atoms with E-state index in [1.807, 2.05) is 12.1 Å². The first kappa shape index (κ1) is 17.8. The van der Waals surface area contributed by atoms with Crippen molar-refractivity contribution >= 4 is 23.4 Å². The average Bonchev–Trinajstić information content (AvgIpc) is 2.55. The zero-order chi connectivity index (χ0) is 16.9. The smallest absolute Gasteiger partial charge is 0.374 e. The minimum absolute atomic E-state index is 0.141. The first-order valence-electron chi connectivity index (χ1n) is 8.07. The molecule has 0 atom stereocenters. The number of benzene rings is 1. The van der Waals surface area contributed by atoms with Crippen LogP contribution < -0.4 is 4.74 Å². The third kappa shape index (κ3) is 3.86. The number of Topliss-reactive ketones (excluding diaryl/α,β-unsaturated/α-hetero) is 1. The summed E-state index contributed by atoms with van der Waals surface area (Å²) in [6.07, 6.45) is 5.00. The van der Waals surface area contributed by atoms with Crippen molar-refractivity contribution in [2.75, 3.05) is 13.7 Å². The molecule has 1 aromatic carbocycles. The topological polar surface area (TPSA) is 52.6 Å². The highest BCUT2D eigenvalue weighted by Crippen LogP contribution is 2.47. The van der Waals surface area contributed by atoms with Crippen LogP contribution >= 0.6 is 11.6 Å². The summed E-state index contributed by atoms with van der Waals surface area (Å²) in [6, 6.07) is 5.59. The van der Waals surface area contributed by atoms with Crippen LogP contribution in [-0.2, 0) is 19.7 Å². The van der Waals surface area contributed by atoms with Crippen LogP contribution in [0.15, 0.2) is 18.2 Å². The van der Waals surface area contributed by atoms with E-state index in [-0.39, 0.29) is 13.0 Å². The third-order valence-electron chi connectivity index (χ3n) is 4.56. The summed E-state index contributed by atoms with van der Waals surface area (Å²) < 4.78 is 10.3. The summed E-state index contributed by atoms with van der Waals surface area (Å²) in [4.78, 5) is 24.1. The van der Waals surface area contributed by atoms with E-state index in [2.05, 4.69) is 0 Å². The number of carbonyl (C=O) groups is 2. The van der Waals surface area contributed by atoms with E-state index >= 15 is 0 Å². The average molecular weight is 339 g/mol. The number of esters is 1. The highest BCUT2D eigenvalue weighted by atomic mass is 35.5. The van der Waals surface area contributed by atoms with Gasteiger partial charge in [-0.1, -0.05) is 43.0 Å². The van der Waals surface area contributed by atoms with Gasteiger partial charge in [0.15, 0.2) is 0 Å². The van der Waals surface area contributed by atoms with Gasteiger partial charge < -0.3 is 9.47 Å². The predicted octanol–water partition coefficient (Wildman–Crippen LogP) is 4.07. The van der Waals surface area contributed by atoms with Crippen molar-refractivity contribution < 1.29 is 19.1 Å². The molecule has 1 fully saturated rings. The van der Waals surface area contributed by atoms with Crippen LogP contribution in [0.3, 0.4) is 0 Å². The van der Waals surface area contributed by atoms with Crippen LogP contribution in [0.2, 0.25) is 5.02 Å². The Hall–Kier alpha value is -1.55. The molecular formula is C18H23ClO4. The van der Waals surface area contributed by atoms with Crippen LogP contribution in [0.5, 0.6) is 5.75 Å². The normalized spacial score (nSPS) is 16.7. The van der Waals surface area contributed by atoms with E-state index in [0.717, 1.165) is 37.7 Å². The highest BCUT2D eigenvalue weighted by molar-refractivity contribution is 6.34. The lowest BCUT2D eigenvalue weighted by Crippen LogP contribution is -2.35. The molecule has 0 bridgehead atoms. The maximum Gasteiger partial charge on any atom is 0.374 e. The quantitative estimate of drug-likeness (QED) is 0.579. The van der Waals surface area contributed by atoms with Crippen LogP contribution in [0.4, 0.5) is 0 Å². The molecule has 0 aromatic heterocycles. The van der Waals surface area contributed by atoms with Gasteiger partial charge in [-0.3, -0.25) is 4.79 Å². The molecule has 2 rings (SSSR count). The van der Waals surface area contributed by atoms with Gasteiger partial charge in [-0.2, -0.15) is 0 Å². The molecule has 4 nitrogen and oxygen atoms in total. The van der Waals surface area contributed by atoms with Crippen LogP contribution in [0, 0.1) is 0 Å². The number of carbonyl (C=O) groups excluding carboxylic acids is 2. The Morgan fingerprint density at radius 3 is 2.52 bits per heavy atom. The van der Waals surface area contributed by atoms with Crippen molar-refractivity contribution in [3.63, 3.8) is 0 Å². The van der Waals surface area contributed by atoms with Gasteiger partial charge in [-0.25, -0.2) is 4.79 Å². The fraction of sp³-hybridized carbons (Fsp3) is 0.556. The van der Waals surface area contributed by atoms with E-state index in [1.54, 1.807) is 20.1 Å². The van der Waals surface area contributed by atoms with Crippen molar-refractivity contribution in [3.8, 4) is 5.75 Å². The third-order valence-corrected chi connectivity index (χ3v) is 4.85. The minimum atomic E-state index is -0.751. The summed E-state index contributed by atoms with van der Waals surface area (Å²) in [5.74, 6) is -0.623. The van der Waals surface area contributed by atoms with Crippen molar-refractivity contribution in [1.82, 2.24) is 0 Å². The van der Waals surface area contributed by atoms with Crippen molar-refractivity contribution in [3.05, 3.63) is 28.8 Å². The Balaban J connectivity index is 2.38. The molecular weight excluding hydrogens is 316 g/mol. The standard InChI is InChI=1S/C18H23ClO4/c1-3-23-17(21)15(20)12-18(10-5-4-6-11-18)13-8-7-9-14(19)16(13)22-2/h7-9H,3-6,10-12H2,1-2H3. The Morgan fingerprint density at radius 2 is 1.91 bits per heavy atom. The second-order valence-electron chi connectivity index (χ2n) is 5.98. The van der Waals surface area contributed by atoms with Gasteiger partial charge in [0.05, 0.1) is 18.7 Å². The second kappa shape index (κ2) is 7.82. The molecule has 1 saturated carbocycles. The van der Waals surface area contributed by atoms with Gasteiger partial charge in [0.1, 0.15) is 5.75 Å². The molecule has 0 aliphatic heterocycles. The van der Waals surface area contributed by atoms with Gasteiger partial charge in [0.2, 0.25) is 5.78 Å². The number of halogens is 1. The van der Waals surface area contributed by atoms with Gasteiger partial charge in [-0.05, 0) is 25.8 Å². The number of para-hydroxylation sites is 1. The fourth-order valence-electron chi connectivity index (χ4n) is 3.49. The van der Waals surface area contributed by atoms with Crippen LogP contribution in [-0.4, -0.2) is 25.5 Å². The lowest BCUT2D eigenvalue weighted by molar-refractivity contribution is -0.154. The Bertz CT molecular complexity index is 576. The van der Waals surface area contributed by atoms with E-state index in [0.29, 0.717) is 10.8 Å². The zero-order valence-electron chi connectivity index (χ0n) is 13.7. The number of hydrogen-bond donors (Lipinski definition) is 0. The summed E-state index contributed by atoms with van der Waals surface area (Å²) in [7, 11) is 1.58. The van der Waals surface area contributed by atoms with E-state index in [9.17, 15) is 9.59 Å². The molecule has 0 saturated heterocycles.